The van der Waals surface area contributed by atoms with Crippen molar-refractivity contribution in [1.29, 1.82) is 0 Å². The van der Waals surface area contributed by atoms with Crippen molar-refractivity contribution in [2.24, 2.45) is 0 Å². The molecular weight excluding hydrogens is 497 g/mol. The summed E-state index contributed by atoms with van der Waals surface area (Å²) in [4.78, 5) is 31.1. The first-order chi connectivity index (χ1) is 17.1. The number of nitrogens with one attached hydrogen (secondary N) is 1. The third-order valence-corrected chi connectivity index (χ3v) is 7.56. The van der Waals surface area contributed by atoms with Crippen LogP contribution in [0, 0.1) is 3.95 Å². The molecule has 174 valence electrons. The molecule has 5 rings (SSSR count). The van der Waals surface area contributed by atoms with E-state index in [9.17, 15) is 9.59 Å². The van der Waals surface area contributed by atoms with Crippen LogP contribution < -0.4 is 10.9 Å². The second kappa shape index (κ2) is 10.4. The summed E-state index contributed by atoms with van der Waals surface area (Å²) in [6.07, 6.45) is 0. The Morgan fingerprint density at radius 1 is 0.886 bits per heavy atom. The zero-order chi connectivity index (χ0) is 24.2. The molecule has 35 heavy (non-hydrogen) atoms. The van der Waals surface area contributed by atoms with E-state index in [1.165, 1.54) is 23.1 Å². The molecule has 5 aromatic rings. The molecule has 0 aliphatic heterocycles. The summed E-state index contributed by atoms with van der Waals surface area (Å²) in [5.74, 6) is -0.0218. The number of carbonyl (C=O) groups is 1. The van der Waals surface area contributed by atoms with Gasteiger partial charge in [-0.05, 0) is 42.0 Å². The lowest BCUT2D eigenvalue weighted by Gasteiger charge is -2.13. The predicted octanol–water partition coefficient (Wildman–Crippen LogP) is 5.38. The molecular formula is C26H20N4O2S3. The number of benzene rings is 3. The first-order valence-corrected chi connectivity index (χ1v) is 13.1. The van der Waals surface area contributed by atoms with Crippen LogP contribution in [0.15, 0.2) is 101 Å². The average molecular weight is 517 g/mol. The second-order valence-corrected chi connectivity index (χ2v) is 10.2. The van der Waals surface area contributed by atoms with Crippen LogP contribution >= 0.6 is 35.3 Å². The number of fused-ring (bicyclic) bond motifs is 1. The molecule has 0 bridgehead atoms. The third-order valence-electron chi connectivity index (χ3n) is 5.27. The van der Waals surface area contributed by atoms with Crippen LogP contribution in [0.5, 0.6) is 0 Å². The standard InChI is InChI=1S/C26H20N4O2S3/c31-21(27-16-18-10-4-1-5-11-18)17-34-25-28-23-22(24(32)30(25)20-14-8-3-9-15-20)35-26(33)29(23)19-12-6-2-7-13-19/h1-15H,16-17H2,(H,27,31). The summed E-state index contributed by atoms with van der Waals surface area (Å²) in [6.45, 7) is 0.441. The van der Waals surface area contributed by atoms with Gasteiger partial charge in [0.05, 0.1) is 11.4 Å². The molecule has 0 aliphatic rings. The fraction of sp³-hybridized carbons (Fsp3) is 0.0769. The summed E-state index contributed by atoms with van der Waals surface area (Å²) >= 11 is 8.07. The summed E-state index contributed by atoms with van der Waals surface area (Å²) in [5.41, 5.74) is 2.83. The molecule has 6 nitrogen and oxygen atoms in total. The van der Waals surface area contributed by atoms with E-state index in [4.69, 9.17) is 17.2 Å². The lowest BCUT2D eigenvalue weighted by atomic mass is 10.2. The van der Waals surface area contributed by atoms with Gasteiger partial charge in [0.15, 0.2) is 14.8 Å². The molecule has 2 heterocycles. The van der Waals surface area contributed by atoms with Crippen LogP contribution in [-0.4, -0.2) is 25.8 Å². The molecule has 1 amide bonds. The Morgan fingerprint density at radius 3 is 2.09 bits per heavy atom. The van der Waals surface area contributed by atoms with Crippen LogP contribution in [0.1, 0.15) is 5.56 Å². The Morgan fingerprint density at radius 2 is 1.46 bits per heavy atom. The number of para-hydroxylation sites is 2. The molecule has 0 fully saturated rings. The van der Waals surface area contributed by atoms with Crippen molar-refractivity contribution in [3.8, 4) is 11.4 Å². The molecule has 0 atom stereocenters. The number of nitrogens with zero attached hydrogens (tertiary/aromatic N) is 3. The molecule has 2 aromatic heterocycles. The molecule has 9 heteroatoms. The van der Waals surface area contributed by atoms with Gasteiger partial charge in [0.25, 0.3) is 5.56 Å². The number of carbonyl (C=O) groups excluding carboxylic acids is 1. The molecule has 0 unspecified atom stereocenters. The van der Waals surface area contributed by atoms with E-state index in [0.29, 0.717) is 31.7 Å². The van der Waals surface area contributed by atoms with Gasteiger partial charge in [0.1, 0.15) is 4.70 Å². The molecule has 0 saturated heterocycles. The number of amides is 1. The van der Waals surface area contributed by atoms with Crippen molar-refractivity contribution in [3.63, 3.8) is 0 Å². The normalized spacial score (nSPS) is 11.0. The fourth-order valence-corrected chi connectivity index (χ4v) is 5.76. The molecule has 0 saturated carbocycles. The van der Waals surface area contributed by atoms with E-state index in [2.05, 4.69) is 5.32 Å². The van der Waals surface area contributed by atoms with Gasteiger partial charge in [0.2, 0.25) is 5.91 Å². The van der Waals surface area contributed by atoms with Crippen LogP contribution in [0.4, 0.5) is 0 Å². The molecule has 3 aromatic carbocycles. The Kier molecular flexibility index (Phi) is 6.89. The highest BCUT2D eigenvalue weighted by atomic mass is 32.2. The van der Waals surface area contributed by atoms with Crippen LogP contribution in [-0.2, 0) is 11.3 Å². The maximum absolute atomic E-state index is 13.7. The number of hydrogen-bond acceptors (Lipinski definition) is 6. The Bertz CT molecular complexity index is 1590. The Hall–Kier alpha value is -3.53. The molecule has 0 radical (unpaired) electrons. The number of aromatic nitrogens is 3. The smallest absolute Gasteiger partial charge is 0.278 e. The van der Waals surface area contributed by atoms with Crippen LogP contribution in [0.2, 0.25) is 0 Å². The lowest BCUT2D eigenvalue weighted by molar-refractivity contribution is -0.118. The van der Waals surface area contributed by atoms with E-state index in [0.717, 1.165) is 11.3 Å². The van der Waals surface area contributed by atoms with E-state index >= 15 is 0 Å². The monoisotopic (exact) mass is 516 g/mol. The fourth-order valence-electron chi connectivity index (χ4n) is 3.62. The number of thiazole rings is 1. The van der Waals surface area contributed by atoms with Crippen molar-refractivity contribution in [1.82, 2.24) is 19.4 Å². The number of hydrogen-bond donors (Lipinski definition) is 1. The number of thioether (sulfide) groups is 1. The minimum atomic E-state index is -0.209. The van der Waals surface area contributed by atoms with E-state index in [1.807, 2.05) is 95.6 Å². The molecule has 0 spiro atoms. The highest BCUT2D eigenvalue weighted by Crippen LogP contribution is 2.27. The number of rotatable bonds is 7. The topological polar surface area (TPSA) is 68.9 Å². The quantitative estimate of drug-likeness (QED) is 0.179. The second-order valence-electron chi connectivity index (χ2n) is 7.61. The van der Waals surface area contributed by atoms with E-state index < -0.39 is 0 Å². The van der Waals surface area contributed by atoms with Gasteiger partial charge in [-0.25, -0.2) is 4.98 Å². The van der Waals surface area contributed by atoms with Crippen molar-refractivity contribution >= 4 is 51.6 Å². The van der Waals surface area contributed by atoms with Gasteiger partial charge in [0, 0.05) is 12.2 Å². The van der Waals surface area contributed by atoms with Gasteiger partial charge < -0.3 is 5.32 Å². The SMILES string of the molecule is O=C(CSc1nc2c(sc(=S)n2-c2ccccc2)c(=O)n1-c1ccccc1)NCc1ccccc1. The zero-order valence-electron chi connectivity index (χ0n) is 18.5. The predicted molar refractivity (Wildman–Crippen MR) is 144 cm³/mol. The maximum atomic E-state index is 13.7. The van der Waals surface area contributed by atoms with Crippen molar-refractivity contribution < 1.29 is 4.79 Å². The third kappa shape index (κ3) is 4.97. The first-order valence-electron chi connectivity index (χ1n) is 10.8. The summed E-state index contributed by atoms with van der Waals surface area (Å²) < 4.78 is 4.38. The van der Waals surface area contributed by atoms with Gasteiger partial charge in [-0.1, -0.05) is 89.8 Å². The average Bonchev–Trinajstić information content (AvgIpc) is 3.24. The largest absolute Gasteiger partial charge is 0.351 e. The Labute approximate surface area is 214 Å². The van der Waals surface area contributed by atoms with Crippen LogP contribution in [0.25, 0.3) is 21.7 Å². The van der Waals surface area contributed by atoms with E-state index in [1.54, 1.807) is 4.57 Å². The van der Waals surface area contributed by atoms with Gasteiger partial charge >= 0.3 is 0 Å². The minimum Gasteiger partial charge on any atom is -0.351 e. The Balaban J connectivity index is 1.53. The van der Waals surface area contributed by atoms with Crippen molar-refractivity contribution in [2.75, 3.05) is 5.75 Å². The first kappa shape index (κ1) is 23.2. The minimum absolute atomic E-state index is 0.119. The summed E-state index contributed by atoms with van der Waals surface area (Å²) in [6, 6.07) is 28.7. The zero-order valence-corrected chi connectivity index (χ0v) is 20.9. The molecule has 0 aliphatic carbocycles. The van der Waals surface area contributed by atoms with Crippen LogP contribution in [0.3, 0.4) is 0 Å². The summed E-state index contributed by atoms with van der Waals surface area (Å²) in [5, 5.41) is 3.36. The van der Waals surface area contributed by atoms with Gasteiger partial charge in [-0.15, -0.1) is 0 Å². The van der Waals surface area contributed by atoms with Gasteiger partial charge in [-0.2, -0.15) is 0 Å². The van der Waals surface area contributed by atoms with E-state index in [-0.39, 0.29) is 17.2 Å². The highest BCUT2D eigenvalue weighted by Gasteiger charge is 2.19. The highest BCUT2D eigenvalue weighted by molar-refractivity contribution is 7.99. The lowest BCUT2D eigenvalue weighted by Crippen LogP contribution is -2.26. The van der Waals surface area contributed by atoms with Crippen molar-refractivity contribution in [3.05, 3.63) is 111 Å². The summed E-state index contributed by atoms with van der Waals surface area (Å²) in [7, 11) is 0. The van der Waals surface area contributed by atoms with Gasteiger partial charge in [-0.3, -0.25) is 18.7 Å². The maximum Gasteiger partial charge on any atom is 0.278 e. The van der Waals surface area contributed by atoms with Crippen molar-refractivity contribution in [2.45, 2.75) is 11.7 Å². The molecule has 1 N–H and O–H groups in total.